The van der Waals surface area contributed by atoms with E-state index in [1.54, 1.807) is 31.2 Å². The van der Waals surface area contributed by atoms with Crippen LogP contribution in [0.4, 0.5) is 11.4 Å². The molecule has 0 fully saturated rings. The van der Waals surface area contributed by atoms with E-state index in [2.05, 4.69) is 37.9 Å². The first-order valence-corrected chi connectivity index (χ1v) is 13.5. The van der Waals surface area contributed by atoms with Gasteiger partial charge in [-0.15, -0.1) is 0 Å². The summed E-state index contributed by atoms with van der Waals surface area (Å²) in [5, 5.41) is 19.8. The minimum Gasteiger partial charge on any atom is -0.495 e. The van der Waals surface area contributed by atoms with Crippen molar-refractivity contribution < 1.29 is 14.3 Å². The van der Waals surface area contributed by atoms with Crippen LogP contribution in [0.1, 0.15) is 18.4 Å². The topological polar surface area (TPSA) is 103 Å². The number of para-hydroxylation sites is 2. The summed E-state index contributed by atoms with van der Waals surface area (Å²) in [5.74, 6) is -0.557. The molecule has 1 aliphatic heterocycles. The maximum atomic E-state index is 13.6. The predicted octanol–water partition coefficient (Wildman–Crippen LogP) is 6.16. The second-order valence-electron chi connectivity index (χ2n) is 8.36. The lowest BCUT2D eigenvalue weighted by Gasteiger charge is -2.30. The number of hydrogen-bond donors (Lipinski definition) is 3. The molecule has 0 unspecified atom stereocenters. The molecule has 1 aliphatic rings. The van der Waals surface area contributed by atoms with Gasteiger partial charge >= 0.3 is 0 Å². The number of halogens is 1. The van der Waals surface area contributed by atoms with E-state index < -0.39 is 5.92 Å². The quantitative estimate of drug-likeness (QED) is 0.291. The molecule has 38 heavy (non-hydrogen) atoms. The van der Waals surface area contributed by atoms with Crippen LogP contribution in [0.3, 0.4) is 0 Å². The van der Waals surface area contributed by atoms with Crippen LogP contribution in [0.5, 0.6) is 5.75 Å². The Kier molecular flexibility index (Phi) is 8.89. The van der Waals surface area contributed by atoms with Crippen LogP contribution in [0.15, 0.2) is 105 Å². The highest BCUT2D eigenvalue weighted by Crippen LogP contribution is 2.41. The summed E-state index contributed by atoms with van der Waals surface area (Å²) in [5.41, 5.74) is 3.39. The van der Waals surface area contributed by atoms with Gasteiger partial charge in [-0.25, -0.2) is 0 Å². The van der Waals surface area contributed by atoms with Crippen molar-refractivity contribution in [3.05, 3.63) is 111 Å². The Labute approximate surface area is 234 Å². The average molecular weight is 590 g/mol. The number of benzene rings is 3. The second kappa shape index (κ2) is 12.5. The lowest BCUT2D eigenvalue weighted by Crippen LogP contribution is -2.31. The molecule has 0 saturated heterocycles. The molecule has 7 nitrogen and oxygen atoms in total. The van der Waals surface area contributed by atoms with Gasteiger partial charge in [-0.3, -0.25) is 9.59 Å². The van der Waals surface area contributed by atoms with E-state index >= 15 is 0 Å². The minimum absolute atomic E-state index is 0.0844. The first-order chi connectivity index (χ1) is 18.4. The van der Waals surface area contributed by atoms with Crippen LogP contribution in [-0.4, -0.2) is 24.7 Å². The van der Waals surface area contributed by atoms with Crippen molar-refractivity contribution in [2.24, 2.45) is 0 Å². The summed E-state index contributed by atoms with van der Waals surface area (Å²) in [4.78, 5) is 26.3. The van der Waals surface area contributed by atoms with Crippen molar-refractivity contribution in [1.82, 2.24) is 5.32 Å². The van der Waals surface area contributed by atoms with Crippen molar-refractivity contribution in [1.29, 1.82) is 5.26 Å². The molecule has 3 aromatic rings. The fourth-order valence-electron chi connectivity index (χ4n) is 4.11. The summed E-state index contributed by atoms with van der Waals surface area (Å²) < 4.78 is 6.30. The van der Waals surface area contributed by atoms with Gasteiger partial charge in [0.25, 0.3) is 5.91 Å². The zero-order valence-electron chi connectivity index (χ0n) is 20.7. The molecule has 0 aromatic heterocycles. The van der Waals surface area contributed by atoms with Gasteiger partial charge < -0.3 is 20.7 Å². The fourth-order valence-corrected chi connectivity index (χ4v) is 5.27. The SMILES string of the molecule is COc1ccccc1NC(=O)C1=C(C)NC(SCC(=O)Nc2ccc(Br)cc2)=C(C#N)[C@H]1c1ccccc1. The highest BCUT2D eigenvalue weighted by atomic mass is 79.9. The Balaban J connectivity index is 1.61. The number of allylic oxidation sites excluding steroid dienone is 2. The number of carbonyl (C=O) groups excluding carboxylic acids is 2. The molecule has 0 aliphatic carbocycles. The number of nitrogens with zero attached hydrogens (tertiary/aromatic N) is 1. The molecule has 1 atom stereocenters. The van der Waals surface area contributed by atoms with Gasteiger partial charge in [-0.2, -0.15) is 5.26 Å². The summed E-state index contributed by atoms with van der Waals surface area (Å²) in [6, 6.07) is 26.1. The third kappa shape index (κ3) is 6.28. The zero-order chi connectivity index (χ0) is 27.1. The minimum atomic E-state index is -0.616. The maximum Gasteiger partial charge on any atom is 0.254 e. The number of rotatable bonds is 8. The van der Waals surface area contributed by atoms with Gasteiger partial charge in [0.05, 0.1) is 41.1 Å². The largest absolute Gasteiger partial charge is 0.495 e. The van der Waals surface area contributed by atoms with E-state index in [-0.39, 0.29) is 17.6 Å². The van der Waals surface area contributed by atoms with E-state index in [0.29, 0.717) is 39.0 Å². The first kappa shape index (κ1) is 27.0. The molecule has 0 bridgehead atoms. The number of ether oxygens (including phenoxy) is 1. The number of anilines is 2. The van der Waals surface area contributed by atoms with Crippen LogP contribution in [-0.2, 0) is 9.59 Å². The number of hydrogen-bond acceptors (Lipinski definition) is 6. The normalized spacial score (nSPS) is 14.8. The fraction of sp³-hybridized carbons (Fsp3) is 0.138. The molecule has 9 heteroatoms. The monoisotopic (exact) mass is 588 g/mol. The molecule has 192 valence electrons. The molecular formula is C29H25BrN4O3S. The average Bonchev–Trinajstić information content (AvgIpc) is 2.93. The standard InChI is InChI=1S/C29H25BrN4O3S/c1-18-26(28(36)34-23-10-6-7-11-24(23)37-2)27(19-8-4-3-5-9-19)22(16-31)29(32-18)38-17-25(35)33-21-14-12-20(30)13-15-21/h3-15,27,32H,17H2,1-2H3,(H,33,35)(H,34,36)/t27-/m1/s1. The smallest absolute Gasteiger partial charge is 0.254 e. The highest BCUT2D eigenvalue weighted by Gasteiger charge is 2.35. The van der Waals surface area contributed by atoms with Crippen molar-refractivity contribution in [3.63, 3.8) is 0 Å². The van der Waals surface area contributed by atoms with Crippen molar-refractivity contribution >= 4 is 50.9 Å². The van der Waals surface area contributed by atoms with E-state index in [0.717, 1.165) is 10.0 Å². The lowest BCUT2D eigenvalue weighted by molar-refractivity contribution is -0.114. The molecule has 2 amide bonds. The summed E-state index contributed by atoms with van der Waals surface area (Å²) >= 11 is 4.60. The van der Waals surface area contributed by atoms with Crippen LogP contribution in [0.2, 0.25) is 0 Å². The Bertz CT molecular complexity index is 1450. The molecule has 4 rings (SSSR count). The predicted molar refractivity (Wildman–Crippen MR) is 155 cm³/mol. The number of nitrogens with one attached hydrogen (secondary N) is 3. The Morgan fingerprint density at radius 2 is 1.71 bits per heavy atom. The number of amides is 2. The van der Waals surface area contributed by atoms with Gasteiger partial charge in [0.2, 0.25) is 5.91 Å². The van der Waals surface area contributed by atoms with Crippen molar-refractivity contribution in [2.75, 3.05) is 23.5 Å². The van der Waals surface area contributed by atoms with Crippen LogP contribution >= 0.6 is 27.7 Å². The molecule has 0 saturated carbocycles. The first-order valence-electron chi connectivity index (χ1n) is 11.7. The maximum absolute atomic E-state index is 13.6. The summed E-state index contributed by atoms with van der Waals surface area (Å²) in [7, 11) is 1.54. The molecule has 3 aromatic carbocycles. The van der Waals surface area contributed by atoms with Gasteiger partial charge in [0.15, 0.2) is 0 Å². The molecule has 3 N–H and O–H groups in total. The highest BCUT2D eigenvalue weighted by molar-refractivity contribution is 9.10. The molecule has 1 heterocycles. The van der Waals surface area contributed by atoms with E-state index in [9.17, 15) is 14.9 Å². The van der Waals surface area contributed by atoms with Gasteiger partial charge in [-0.05, 0) is 48.9 Å². The molecule has 0 spiro atoms. The molecular weight excluding hydrogens is 564 g/mol. The van der Waals surface area contributed by atoms with E-state index in [4.69, 9.17) is 4.74 Å². The number of dihydropyridines is 1. The molecule has 0 radical (unpaired) electrons. The number of carbonyl (C=O) groups is 2. The van der Waals surface area contributed by atoms with Crippen LogP contribution < -0.4 is 20.7 Å². The van der Waals surface area contributed by atoms with Crippen LogP contribution in [0.25, 0.3) is 0 Å². The van der Waals surface area contributed by atoms with Gasteiger partial charge in [0.1, 0.15) is 5.75 Å². The lowest BCUT2D eigenvalue weighted by atomic mass is 9.82. The van der Waals surface area contributed by atoms with Gasteiger partial charge in [-0.1, -0.05) is 70.2 Å². The number of thioether (sulfide) groups is 1. The third-order valence-corrected chi connectivity index (χ3v) is 7.40. The zero-order valence-corrected chi connectivity index (χ0v) is 23.2. The summed E-state index contributed by atoms with van der Waals surface area (Å²) in [6.07, 6.45) is 0. The summed E-state index contributed by atoms with van der Waals surface area (Å²) in [6.45, 7) is 1.80. The Hall–Kier alpha value is -4.00. The van der Waals surface area contributed by atoms with E-state index in [1.807, 2.05) is 54.6 Å². The third-order valence-electron chi connectivity index (χ3n) is 5.86. The Morgan fingerprint density at radius 1 is 1.03 bits per heavy atom. The van der Waals surface area contributed by atoms with Gasteiger partial charge in [0, 0.05) is 21.4 Å². The number of nitriles is 1. The number of methoxy groups -OCH3 is 1. The Morgan fingerprint density at radius 3 is 2.39 bits per heavy atom. The van der Waals surface area contributed by atoms with Crippen molar-refractivity contribution in [3.8, 4) is 11.8 Å². The second-order valence-corrected chi connectivity index (χ2v) is 10.3. The van der Waals surface area contributed by atoms with Crippen LogP contribution in [0, 0.1) is 11.3 Å². The van der Waals surface area contributed by atoms with Crippen molar-refractivity contribution in [2.45, 2.75) is 12.8 Å². The van der Waals surface area contributed by atoms with E-state index in [1.165, 1.54) is 18.9 Å².